The van der Waals surface area contributed by atoms with Gasteiger partial charge in [-0.15, -0.1) is 0 Å². The first kappa shape index (κ1) is 17.0. The number of aromatic amines is 1. The van der Waals surface area contributed by atoms with Gasteiger partial charge in [-0.3, -0.25) is 9.89 Å². The molecule has 4 rings (SSSR count). The number of pyridine rings is 1. The maximum absolute atomic E-state index is 14.1. The van der Waals surface area contributed by atoms with E-state index in [2.05, 4.69) is 39.7 Å². The van der Waals surface area contributed by atoms with Gasteiger partial charge in [-0.2, -0.15) is 9.49 Å². The summed E-state index contributed by atoms with van der Waals surface area (Å²) in [5.74, 6) is -0.271. The molecule has 3 heterocycles. The largest absolute Gasteiger partial charge is 0.358 e. The van der Waals surface area contributed by atoms with Crippen LogP contribution in [0.15, 0.2) is 12.1 Å². The van der Waals surface area contributed by atoms with Crippen LogP contribution in [0.1, 0.15) is 44.4 Å². The van der Waals surface area contributed by atoms with Gasteiger partial charge in [0.15, 0.2) is 0 Å². The maximum atomic E-state index is 14.1. The average Bonchev–Trinajstić information content (AvgIpc) is 2.98. The molecule has 6 nitrogen and oxygen atoms in total. The number of anilines is 1. The third-order valence-corrected chi connectivity index (χ3v) is 5.33. The van der Waals surface area contributed by atoms with Gasteiger partial charge in [0, 0.05) is 29.4 Å². The number of hydrogen-bond acceptors (Lipinski definition) is 4. The molecule has 0 saturated carbocycles. The number of piperidine rings is 1. The third kappa shape index (κ3) is 3.30. The highest BCUT2D eigenvalue weighted by molar-refractivity contribution is 5.85. The number of carbonyl (C=O) groups is 1. The summed E-state index contributed by atoms with van der Waals surface area (Å²) in [5, 5.41) is 13.5. The van der Waals surface area contributed by atoms with Crippen LogP contribution < -0.4 is 10.6 Å². The molecule has 1 unspecified atom stereocenters. The predicted molar refractivity (Wildman–Crippen MR) is 97.2 cm³/mol. The number of nitrogens with zero attached hydrogens (tertiary/aromatic N) is 2. The average molecular weight is 357 g/mol. The molecule has 2 aromatic heterocycles. The second kappa shape index (κ2) is 6.37. The van der Waals surface area contributed by atoms with Gasteiger partial charge < -0.3 is 10.6 Å². The van der Waals surface area contributed by atoms with E-state index >= 15 is 0 Å². The second-order valence-electron chi connectivity index (χ2n) is 8.06. The lowest BCUT2D eigenvalue weighted by atomic mass is 9.76. The number of carbonyl (C=O) groups excluding carboxylic acids is 1. The third-order valence-electron chi connectivity index (χ3n) is 5.33. The zero-order valence-electron chi connectivity index (χ0n) is 15.2. The van der Waals surface area contributed by atoms with E-state index in [0.717, 1.165) is 42.6 Å². The molecule has 1 atom stereocenters. The van der Waals surface area contributed by atoms with Gasteiger partial charge >= 0.3 is 0 Å². The van der Waals surface area contributed by atoms with Gasteiger partial charge in [-0.05, 0) is 43.6 Å². The van der Waals surface area contributed by atoms with Crippen molar-refractivity contribution in [3.8, 4) is 11.3 Å². The summed E-state index contributed by atoms with van der Waals surface area (Å²) >= 11 is 0. The summed E-state index contributed by atoms with van der Waals surface area (Å²) in [6, 6.07) is 2.81. The van der Waals surface area contributed by atoms with Crippen LogP contribution in [0.4, 0.5) is 10.2 Å². The quantitative estimate of drug-likeness (QED) is 0.738. The Kier molecular flexibility index (Phi) is 4.17. The summed E-state index contributed by atoms with van der Waals surface area (Å²) in [6.45, 7) is 5.19. The lowest BCUT2D eigenvalue weighted by Gasteiger charge is -2.29. The van der Waals surface area contributed by atoms with Crippen LogP contribution in [-0.4, -0.2) is 33.7 Å². The normalized spacial score (nSPS) is 21.8. The lowest BCUT2D eigenvalue weighted by molar-refractivity contribution is -0.123. The molecular formula is C19H24FN5O. The molecule has 0 bridgehead atoms. The van der Waals surface area contributed by atoms with Crippen molar-refractivity contribution in [3.05, 3.63) is 29.3 Å². The van der Waals surface area contributed by atoms with Crippen LogP contribution in [-0.2, 0) is 17.6 Å². The summed E-state index contributed by atoms with van der Waals surface area (Å²) in [7, 11) is 0. The second-order valence-corrected chi connectivity index (χ2v) is 8.06. The van der Waals surface area contributed by atoms with Crippen LogP contribution >= 0.6 is 0 Å². The Morgan fingerprint density at radius 3 is 3.00 bits per heavy atom. The molecule has 0 aromatic carbocycles. The Morgan fingerprint density at radius 2 is 2.19 bits per heavy atom. The van der Waals surface area contributed by atoms with E-state index in [-0.39, 0.29) is 17.4 Å². The fourth-order valence-corrected chi connectivity index (χ4v) is 3.88. The van der Waals surface area contributed by atoms with Gasteiger partial charge in [0.1, 0.15) is 11.9 Å². The van der Waals surface area contributed by atoms with E-state index in [0.29, 0.717) is 24.3 Å². The minimum Gasteiger partial charge on any atom is -0.358 e. The molecular weight excluding hydrogens is 333 g/mol. The van der Waals surface area contributed by atoms with Crippen molar-refractivity contribution in [2.75, 3.05) is 11.9 Å². The summed E-state index contributed by atoms with van der Waals surface area (Å²) in [5.41, 5.74) is 4.02. The first-order valence-corrected chi connectivity index (χ1v) is 9.20. The van der Waals surface area contributed by atoms with Crippen LogP contribution in [0.2, 0.25) is 0 Å². The predicted octanol–water partition coefficient (Wildman–Crippen LogP) is 2.82. The van der Waals surface area contributed by atoms with Gasteiger partial charge in [-0.25, -0.2) is 4.98 Å². The Balaban J connectivity index is 1.63. The molecule has 1 fully saturated rings. The van der Waals surface area contributed by atoms with E-state index in [1.807, 2.05) is 0 Å². The first-order chi connectivity index (χ1) is 12.4. The molecule has 1 amide bonds. The van der Waals surface area contributed by atoms with Crippen molar-refractivity contribution < 1.29 is 9.18 Å². The zero-order valence-corrected chi connectivity index (χ0v) is 15.2. The molecule has 138 valence electrons. The molecule has 1 aliphatic heterocycles. The summed E-state index contributed by atoms with van der Waals surface area (Å²) in [6.07, 6.45) is 4.55. The number of rotatable bonds is 3. The number of halogens is 1. The van der Waals surface area contributed by atoms with Gasteiger partial charge in [0.2, 0.25) is 11.9 Å². The highest BCUT2D eigenvalue weighted by atomic mass is 19.1. The van der Waals surface area contributed by atoms with Crippen LogP contribution in [0.25, 0.3) is 11.3 Å². The van der Waals surface area contributed by atoms with Gasteiger partial charge in [0.25, 0.3) is 0 Å². The number of fused-ring (bicyclic) bond motifs is 1. The van der Waals surface area contributed by atoms with E-state index in [1.54, 1.807) is 6.07 Å². The fraction of sp³-hybridized carbons (Fsp3) is 0.526. The van der Waals surface area contributed by atoms with E-state index in [1.165, 1.54) is 6.07 Å². The smallest absolute Gasteiger partial charge is 0.242 e. The number of nitrogens with one attached hydrogen (secondary N) is 3. The Hall–Kier alpha value is -2.44. The van der Waals surface area contributed by atoms with Crippen molar-refractivity contribution in [2.24, 2.45) is 5.41 Å². The highest BCUT2D eigenvalue weighted by Gasteiger charge is 2.29. The van der Waals surface area contributed by atoms with Crippen LogP contribution in [0, 0.1) is 11.4 Å². The molecule has 0 radical (unpaired) electrons. The van der Waals surface area contributed by atoms with E-state index < -0.39 is 5.95 Å². The number of amides is 1. The van der Waals surface area contributed by atoms with Crippen molar-refractivity contribution in [2.45, 2.75) is 52.0 Å². The minimum atomic E-state index is -0.575. The van der Waals surface area contributed by atoms with Gasteiger partial charge in [-0.1, -0.05) is 13.8 Å². The van der Waals surface area contributed by atoms with E-state index in [9.17, 15) is 9.18 Å². The number of aromatic nitrogens is 3. The van der Waals surface area contributed by atoms with Gasteiger partial charge in [0.05, 0.1) is 5.69 Å². The summed E-state index contributed by atoms with van der Waals surface area (Å²) < 4.78 is 14.1. The number of H-pyrrole nitrogens is 1. The van der Waals surface area contributed by atoms with Crippen molar-refractivity contribution in [3.63, 3.8) is 0 Å². The van der Waals surface area contributed by atoms with Crippen molar-refractivity contribution in [1.29, 1.82) is 0 Å². The Bertz CT molecular complexity index is 844. The van der Waals surface area contributed by atoms with Crippen LogP contribution in [0.3, 0.4) is 0 Å². The SMILES string of the molecule is CC1(C)CCc2c(-c3cc(F)nc(NC4CCCNC4=O)c3)n[nH]c2C1. The molecule has 0 spiro atoms. The molecule has 1 aliphatic carbocycles. The Labute approximate surface area is 152 Å². The highest BCUT2D eigenvalue weighted by Crippen LogP contribution is 2.38. The molecule has 3 N–H and O–H groups in total. The minimum absolute atomic E-state index is 0.0664. The van der Waals surface area contributed by atoms with E-state index in [4.69, 9.17) is 0 Å². The maximum Gasteiger partial charge on any atom is 0.242 e. The molecule has 26 heavy (non-hydrogen) atoms. The summed E-state index contributed by atoms with van der Waals surface area (Å²) in [4.78, 5) is 15.8. The molecule has 7 heteroatoms. The molecule has 2 aliphatic rings. The zero-order chi connectivity index (χ0) is 18.3. The number of hydrogen-bond donors (Lipinski definition) is 3. The topological polar surface area (TPSA) is 82.7 Å². The Morgan fingerprint density at radius 1 is 1.35 bits per heavy atom. The first-order valence-electron chi connectivity index (χ1n) is 9.20. The fourth-order valence-electron chi connectivity index (χ4n) is 3.88. The monoisotopic (exact) mass is 357 g/mol. The van der Waals surface area contributed by atoms with Crippen LogP contribution in [0.5, 0.6) is 0 Å². The van der Waals surface area contributed by atoms with Crippen molar-refractivity contribution in [1.82, 2.24) is 20.5 Å². The van der Waals surface area contributed by atoms with Crippen molar-refractivity contribution >= 4 is 11.7 Å². The lowest BCUT2D eigenvalue weighted by Crippen LogP contribution is -2.44. The molecule has 2 aromatic rings. The standard InChI is InChI=1S/C19H24FN5O/c1-19(2)6-5-12-14(10-19)24-25-17(12)11-8-15(20)23-16(9-11)22-13-4-3-7-21-18(13)26/h8-9,13H,3-7,10H2,1-2H3,(H,21,26)(H,22,23)(H,24,25). The molecule has 1 saturated heterocycles.